The van der Waals surface area contributed by atoms with Crippen LogP contribution in [0, 0.1) is 11.8 Å². The summed E-state index contributed by atoms with van der Waals surface area (Å²) in [6, 6.07) is 10.3. The highest BCUT2D eigenvalue weighted by atomic mass is 16.1. The van der Waals surface area contributed by atoms with Crippen molar-refractivity contribution in [2.45, 2.75) is 39.0 Å². The smallest absolute Gasteiger partial charge is 0.143 e. The minimum atomic E-state index is 0.124. The zero-order valence-electron chi connectivity index (χ0n) is 10.1. The molecule has 2 atom stereocenters. The van der Waals surface area contributed by atoms with Gasteiger partial charge in [-0.3, -0.25) is 4.79 Å². The summed E-state index contributed by atoms with van der Waals surface area (Å²) in [7, 11) is 0. The van der Waals surface area contributed by atoms with Crippen molar-refractivity contribution in [2.24, 2.45) is 11.8 Å². The Balaban J connectivity index is 2.23. The first kappa shape index (κ1) is 11.4. The summed E-state index contributed by atoms with van der Waals surface area (Å²) in [6.45, 7) is 4.36. The van der Waals surface area contributed by atoms with Crippen LogP contribution >= 0.6 is 0 Å². The molecule has 1 aliphatic carbocycles. The lowest BCUT2D eigenvalue weighted by Crippen LogP contribution is -2.21. The average Bonchev–Trinajstić information content (AvgIpc) is 3.14. The third kappa shape index (κ3) is 2.34. The van der Waals surface area contributed by atoms with Crippen molar-refractivity contribution < 1.29 is 4.79 Å². The van der Waals surface area contributed by atoms with Gasteiger partial charge in [0.2, 0.25) is 0 Å². The number of carbonyl (C=O) groups excluding carboxylic acids is 1. The number of hydrogen-bond donors (Lipinski definition) is 0. The van der Waals surface area contributed by atoms with E-state index in [9.17, 15) is 4.79 Å². The van der Waals surface area contributed by atoms with Crippen molar-refractivity contribution in [3.63, 3.8) is 0 Å². The van der Waals surface area contributed by atoms with Crippen molar-refractivity contribution in [2.75, 3.05) is 0 Å². The first-order valence-electron chi connectivity index (χ1n) is 6.32. The fourth-order valence-corrected chi connectivity index (χ4v) is 2.29. The molecule has 1 saturated carbocycles. The number of benzene rings is 1. The van der Waals surface area contributed by atoms with Gasteiger partial charge in [0.25, 0.3) is 0 Å². The summed E-state index contributed by atoms with van der Waals surface area (Å²) in [5.74, 6) is 1.41. The van der Waals surface area contributed by atoms with Gasteiger partial charge in [0, 0.05) is 11.8 Å². The molecule has 0 radical (unpaired) electrons. The molecule has 1 fully saturated rings. The van der Waals surface area contributed by atoms with Crippen LogP contribution < -0.4 is 0 Å². The Bertz CT molecular complexity index is 351. The summed E-state index contributed by atoms with van der Waals surface area (Å²) in [5, 5.41) is 0. The van der Waals surface area contributed by atoms with E-state index < -0.39 is 0 Å². The number of ketones is 1. The maximum Gasteiger partial charge on any atom is 0.143 e. The molecule has 1 nitrogen and oxygen atoms in total. The van der Waals surface area contributed by atoms with E-state index in [1.165, 1.54) is 5.56 Å². The van der Waals surface area contributed by atoms with Crippen molar-refractivity contribution in [3.05, 3.63) is 35.9 Å². The van der Waals surface area contributed by atoms with Crippen molar-refractivity contribution in [3.8, 4) is 0 Å². The standard InChI is InChI=1S/C15H20O/c1-3-11(2)14(15(16)13-9-10-13)12-7-5-4-6-8-12/h4-8,11,13-14H,3,9-10H2,1-2H3. The molecular formula is C15H20O. The molecule has 1 heteroatoms. The molecule has 0 aliphatic heterocycles. The van der Waals surface area contributed by atoms with E-state index >= 15 is 0 Å². The van der Waals surface area contributed by atoms with E-state index in [2.05, 4.69) is 26.0 Å². The normalized spacial score (nSPS) is 19.1. The Morgan fingerprint density at radius 1 is 1.31 bits per heavy atom. The highest BCUT2D eigenvalue weighted by Crippen LogP contribution is 2.39. The second-order valence-electron chi connectivity index (χ2n) is 4.95. The lowest BCUT2D eigenvalue weighted by Gasteiger charge is -2.22. The van der Waals surface area contributed by atoms with E-state index in [1.807, 2.05) is 18.2 Å². The van der Waals surface area contributed by atoms with Gasteiger partial charge in [-0.15, -0.1) is 0 Å². The third-order valence-electron chi connectivity index (χ3n) is 3.66. The molecule has 16 heavy (non-hydrogen) atoms. The van der Waals surface area contributed by atoms with E-state index in [0.29, 0.717) is 17.6 Å². The number of carbonyl (C=O) groups is 1. The Morgan fingerprint density at radius 2 is 1.94 bits per heavy atom. The number of Topliss-reactive ketones (excluding diaryl/α,β-unsaturated/α-hetero) is 1. The predicted octanol–water partition coefficient (Wildman–Crippen LogP) is 3.80. The van der Waals surface area contributed by atoms with Crippen LogP contribution in [0.15, 0.2) is 30.3 Å². The summed E-state index contributed by atoms with van der Waals surface area (Å²) < 4.78 is 0. The SMILES string of the molecule is CCC(C)C(C(=O)C1CC1)c1ccccc1. The lowest BCUT2D eigenvalue weighted by molar-refractivity contribution is -0.122. The van der Waals surface area contributed by atoms with Crippen LogP contribution in [-0.2, 0) is 4.79 Å². The van der Waals surface area contributed by atoms with E-state index in [1.54, 1.807) is 0 Å². The Labute approximate surface area is 97.9 Å². The molecule has 0 heterocycles. The molecule has 2 unspecified atom stereocenters. The zero-order valence-corrected chi connectivity index (χ0v) is 10.1. The van der Waals surface area contributed by atoms with Crippen LogP contribution in [0.3, 0.4) is 0 Å². The highest BCUT2D eigenvalue weighted by Gasteiger charge is 2.37. The van der Waals surface area contributed by atoms with E-state index in [0.717, 1.165) is 19.3 Å². The second kappa shape index (κ2) is 4.82. The first-order valence-corrected chi connectivity index (χ1v) is 6.32. The topological polar surface area (TPSA) is 17.1 Å². The van der Waals surface area contributed by atoms with Gasteiger partial charge in [-0.05, 0) is 24.3 Å². The molecule has 1 aromatic rings. The van der Waals surface area contributed by atoms with Gasteiger partial charge in [-0.1, -0.05) is 50.6 Å². The molecule has 86 valence electrons. The molecule has 1 aliphatic rings. The molecule has 0 N–H and O–H groups in total. The minimum absolute atomic E-state index is 0.124. The fourth-order valence-electron chi connectivity index (χ4n) is 2.29. The Hall–Kier alpha value is -1.11. The third-order valence-corrected chi connectivity index (χ3v) is 3.66. The number of hydrogen-bond acceptors (Lipinski definition) is 1. The Kier molecular flexibility index (Phi) is 3.42. The first-order chi connectivity index (χ1) is 7.74. The second-order valence-corrected chi connectivity index (χ2v) is 4.95. The quantitative estimate of drug-likeness (QED) is 0.731. The van der Waals surface area contributed by atoms with Crippen LogP contribution in [-0.4, -0.2) is 5.78 Å². The summed E-state index contributed by atoms with van der Waals surface area (Å²) in [6.07, 6.45) is 3.29. The lowest BCUT2D eigenvalue weighted by atomic mass is 9.81. The van der Waals surface area contributed by atoms with E-state index in [4.69, 9.17) is 0 Å². The van der Waals surface area contributed by atoms with Crippen LogP contribution in [0.5, 0.6) is 0 Å². The molecule has 0 saturated heterocycles. The monoisotopic (exact) mass is 216 g/mol. The minimum Gasteiger partial charge on any atom is -0.299 e. The average molecular weight is 216 g/mol. The largest absolute Gasteiger partial charge is 0.299 e. The van der Waals surface area contributed by atoms with Crippen LogP contribution in [0.25, 0.3) is 0 Å². The molecule has 0 aromatic heterocycles. The Morgan fingerprint density at radius 3 is 2.44 bits per heavy atom. The molecule has 0 amide bonds. The summed E-state index contributed by atoms with van der Waals surface area (Å²) >= 11 is 0. The van der Waals surface area contributed by atoms with Gasteiger partial charge in [0.05, 0.1) is 0 Å². The summed E-state index contributed by atoms with van der Waals surface area (Å²) in [5.41, 5.74) is 1.20. The van der Waals surface area contributed by atoms with Crippen LogP contribution in [0.4, 0.5) is 0 Å². The van der Waals surface area contributed by atoms with Crippen molar-refractivity contribution in [1.29, 1.82) is 0 Å². The maximum absolute atomic E-state index is 12.3. The van der Waals surface area contributed by atoms with Gasteiger partial charge in [-0.25, -0.2) is 0 Å². The maximum atomic E-state index is 12.3. The molecule has 0 bridgehead atoms. The van der Waals surface area contributed by atoms with Gasteiger partial charge in [0.15, 0.2) is 0 Å². The fraction of sp³-hybridized carbons (Fsp3) is 0.533. The molecular weight excluding hydrogens is 196 g/mol. The van der Waals surface area contributed by atoms with Crippen molar-refractivity contribution >= 4 is 5.78 Å². The van der Waals surface area contributed by atoms with Crippen molar-refractivity contribution in [1.82, 2.24) is 0 Å². The molecule has 0 spiro atoms. The summed E-state index contributed by atoms with van der Waals surface area (Å²) in [4.78, 5) is 12.3. The molecule has 1 aromatic carbocycles. The van der Waals surface area contributed by atoms with E-state index in [-0.39, 0.29) is 5.92 Å². The van der Waals surface area contributed by atoms with Gasteiger partial charge in [0.1, 0.15) is 5.78 Å². The van der Waals surface area contributed by atoms with Gasteiger partial charge >= 0.3 is 0 Å². The van der Waals surface area contributed by atoms with Gasteiger partial charge < -0.3 is 0 Å². The van der Waals surface area contributed by atoms with Crippen LogP contribution in [0.1, 0.15) is 44.6 Å². The number of rotatable bonds is 5. The zero-order chi connectivity index (χ0) is 11.5. The highest BCUT2D eigenvalue weighted by molar-refractivity contribution is 5.89. The predicted molar refractivity (Wildman–Crippen MR) is 66.4 cm³/mol. The van der Waals surface area contributed by atoms with Crippen LogP contribution in [0.2, 0.25) is 0 Å². The molecule has 2 rings (SSSR count). The van der Waals surface area contributed by atoms with Gasteiger partial charge in [-0.2, -0.15) is 0 Å².